The molecule has 0 radical (unpaired) electrons. The van der Waals surface area contributed by atoms with Crippen LogP contribution in [0.2, 0.25) is 0 Å². The minimum atomic E-state index is 0.236. The first-order chi connectivity index (χ1) is 8.88. The van der Waals surface area contributed by atoms with Crippen molar-refractivity contribution < 1.29 is 4.74 Å². The zero-order valence-electron chi connectivity index (χ0n) is 12.9. The number of ether oxygens (including phenoxy) is 1. The van der Waals surface area contributed by atoms with Crippen LogP contribution in [-0.4, -0.2) is 19.7 Å². The van der Waals surface area contributed by atoms with E-state index in [1.807, 2.05) is 0 Å². The highest BCUT2D eigenvalue weighted by Crippen LogP contribution is 2.56. The van der Waals surface area contributed by atoms with E-state index >= 15 is 0 Å². The predicted molar refractivity (Wildman–Crippen MR) is 80.8 cm³/mol. The number of methoxy groups -OCH3 is 1. The van der Waals surface area contributed by atoms with Crippen LogP contribution < -0.4 is 10.1 Å². The third-order valence-corrected chi connectivity index (χ3v) is 4.16. The van der Waals surface area contributed by atoms with Gasteiger partial charge in [0.25, 0.3) is 0 Å². The maximum atomic E-state index is 5.57. The molecule has 1 aromatic carbocycles. The SMILES string of the molecule is COc1ccccc1C1(CNC(C)C)CC(C)(C)C1. The fourth-order valence-electron chi connectivity index (χ4n) is 3.67. The van der Waals surface area contributed by atoms with Gasteiger partial charge in [0.05, 0.1) is 7.11 Å². The number of benzene rings is 1. The Morgan fingerprint density at radius 3 is 2.37 bits per heavy atom. The summed E-state index contributed by atoms with van der Waals surface area (Å²) < 4.78 is 5.57. The van der Waals surface area contributed by atoms with Crippen molar-refractivity contribution in [3.8, 4) is 5.75 Å². The Morgan fingerprint density at radius 2 is 1.84 bits per heavy atom. The Balaban J connectivity index is 2.28. The van der Waals surface area contributed by atoms with E-state index in [-0.39, 0.29) is 5.41 Å². The van der Waals surface area contributed by atoms with E-state index < -0.39 is 0 Å². The predicted octanol–water partition coefficient (Wildman–Crippen LogP) is 3.75. The van der Waals surface area contributed by atoms with Crippen molar-refractivity contribution in [1.29, 1.82) is 0 Å². The minimum absolute atomic E-state index is 0.236. The molecule has 0 unspecified atom stereocenters. The van der Waals surface area contributed by atoms with Gasteiger partial charge in [-0.2, -0.15) is 0 Å². The van der Waals surface area contributed by atoms with Crippen LogP contribution in [0.15, 0.2) is 24.3 Å². The van der Waals surface area contributed by atoms with E-state index in [4.69, 9.17) is 4.74 Å². The van der Waals surface area contributed by atoms with Gasteiger partial charge < -0.3 is 10.1 Å². The summed E-state index contributed by atoms with van der Waals surface area (Å²) in [6.07, 6.45) is 2.44. The van der Waals surface area contributed by atoms with Crippen LogP contribution in [0.5, 0.6) is 5.75 Å². The molecule has 1 aliphatic carbocycles. The van der Waals surface area contributed by atoms with Gasteiger partial charge in [-0.3, -0.25) is 0 Å². The number of nitrogens with one attached hydrogen (secondary N) is 1. The Kier molecular flexibility index (Phi) is 3.91. The summed E-state index contributed by atoms with van der Waals surface area (Å²) in [6, 6.07) is 9.01. The number of rotatable bonds is 5. The lowest BCUT2D eigenvalue weighted by molar-refractivity contribution is 0.0529. The zero-order valence-corrected chi connectivity index (χ0v) is 12.9. The van der Waals surface area contributed by atoms with Crippen molar-refractivity contribution in [2.45, 2.75) is 52.0 Å². The number of hydrogen-bond acceptors (Lipinski definition) is 2. The Morgan fingerprint density at radius 1 is 1.21 bits per heavy atom. The van der Waals surface area contributed by atoms with Crippen molar-refractivity contribution >= 4 is 0 Å². The first-order valence-electron chi connectivity index (χ1n) is 7.25. The maximum Gasteiger partial charge on any atom is 0.122 e. The van der Waals surface area contributed by atoms with Crippen molar-refractivity contribution in [2.75, 3.05) is 13.7 Å². The molecule has 0 amide bonds. The second kappa shape index (κ2) is 5.16. The highest BCUT2D eigenvalue weighted by Gasteiger charge is 2.50. The second-order valence-electron chi connectivity index (χ2n) is 7.03. The summed E-state index contributed by atoms with van der Waals surface area (Å²) >= 11 is 0. The van der Waals surface area contributed by atoms with Gasteiger partial charge in [0, 0.05) is 23.6 Å². The van der Waals surface area contributed by atoms with Crippen molar-refractivity contribution in [1.82, 2.24) is 5.32 Å². The molecule has 0 heterocycles. The quantitative estimate of drug-likeness (QED) is 0.871. The fourth-order valence-corrected chi connectivity index (χ4v) is 3.67. The van der Waals surface area contributed by atoms with E-state index in [1.165, 1.54) is 18.4 Å². The molecule has 0 spiro atoms. The molecule has 19 heavy (non-hydrogen) atoms. The topological polar surface area (TPSA) is 21.3 Å². The van der Waals surface area contributed by atoms with Gasteiger partial charge in [0.1, 0.15) is 5.75 Å². The highest BCUT2D eigenvalue weighted by atomic mass is 16.5. The van der Waals surface area contributed by atoms with E-state index in [1.54, 1.807) is 7.11 Å². The van der Waals surface area contributed by atoms with Crippen LogP contribution in [0.4, 0.5) is 0 Å². The normalized spacial score (nSPS) is 20.1. The van der Waals surface area contributed by atoms with Crippen LogP contribution >= 0.6 is 0 Å². The van der Waals surface area contributed by atoms with Crippen molar-refractivity contribution in [2.24, 2.45) is 5.41 Å². The smallest absolute Gasteiger partial charge is 0.122 e. The van der Waals surface area contributed by atoms with E-state index in [2.05, 4.69) is 57.3 Å². The molecule has 0 bridgehead atoms. The van der Waals surface area contributed by atoms with Crippen molar-refractivity contribution in [3.63, 3.8) is 0 Å². The molecule has 1 aliphatic rings. The van der Waals surface area contributed by atoms with E-state index in [0.717, 1.165) is 12.3 Å². The Bertz CT molecular complexity index is 429. The largest absolute Gasteiger partial charge is 0.496 e. The standard InChI is InChI=1S/C17H27NO/c1-13(2)18-12-17(10-16(3,4)11-17)14-8-6-7-9-15(14)19-5/h6-9,13,18H,10-12H2,1-5H3. The first kappa shape index (κ1) is 14.4. The number of hydrogen-bond donors (Lipinski definition) is 1. The lowest BCUT2D eigenvalue weighted by atomic mass is 9.51. The molecule has 0 saturated heterocycles. The monoisotopic (exact) mass is 261 g/mol. The third kappa shape index (κ3) is 2.94. The molecular weight excluding hydrogens is 234 g/mol. The first-order valence-corrected chi connectivity index (χ1v) is 7.25. The summed E-state index contributed by atoms with van der Waals surface area (Å²) in [5, 5.41) is 3.62. The molecule has 2 nitrogen and oxygen atoms in total. The second-order valence-corrected chi connectivity index (χ2v) is 7.03. The van der Waals surface area contributed by atoms with Crippen molar-refractivity contribution in [3.05, 3.63) is 29.8 Å². The Hall–Kier alpha value is -1.02. The summed E-state index contributed by atoms with van der Waals surface area (Å²) in [5.74, 6) is 1.03. The van der Waals surface area contributed by atoms with Crippen LogP contribution in [0.3, 0.4) is 0 Å². The average molecular weight is 261 g/mol. The number of para-hydroxylation sites is 1. The molecule has 0 aliphatic heterocycles. The highest BCUT2D eigenvalue weighted by molar-refractivity contribution is 5.42. The molecule has 1 saturated carbocycles. The molecule has 0 aromatic heterocycles. The molecule has 1 N–H and O–H groups in total. The minimum Gasteiger partial charge on any atom is -0.496 e. The van der Waals surface area contributed by atoms with Gasteiger partial charge in [0.2, 0.25) is 0 Å². The molecule has 1 fully saturated rings. The summed E-state index contributed by atoms with van der Waals surface area (Å²) in [6.45, 7) is 10.2. The summed E-state index contributed by atoms with van der Waals surface area (Å²) in [7, 11) is 1.77. The fraction of sp³-hybridized carbons (Fsp3) is 0.647. The van der Waals surface area contributed by atoms with Gasteiger partial charge in [-0.15, -0.1) is 0 Å². The Labute approximate surface area is 117 Å². The molecule has 2 heteroatoms. The van der Waals surface area contributed by atoms with Crippen LogP contribution in [-0.2, 0) is 5.41 Å². The summed E-state index contributed by atoms with van der Waals surface area (Å²) in [4.78, 5) is 0. The van der Waals surface area contributed by atoms with Gasteiger partial charge >= 0.3 is 0 Å². The molecular formula is C17H27NO. The van der Waals surface area contributed by atoms with E-state index in [9.17, 15) is 0 Å². The molecule has 106 valence electrons. The van der Waals surface area contributed by atoms with E-state index in [0.29, 0.717) is 11.5 Å². The van der Waals surface area contributed by atoms with Crippen LogP contribution in [0.25, 0.3) is 0 Å². The lowest BCUT2D eigenvalue weighted by Gasteiger charge is -2.54. The lowest BCUT2D eigenvalue weighted by Crippen LogP contribution is -2.53. The summed E-state index contributed by atoms with van der Waals surface area (Å²) in [5.41, 5.74) is 2.05. The van der Waals surface area contributed by atoms with Crippen LogP contribution in [0, 0.1) is 5.41 Å². The van der Waals surface area contributed by atoms with Gasteiger partial charge in [-0.25, -0.2) is 0 Å². The average Bonchev–Trinajstić information content (AvgIpc) is 2.33. The van der Waals surface area contributed by atoms with Gasteiger partial charge in [0.15, 0.2) is 0 Å². The zero-order chi connectivity index (χ0) is 14.1. The maximum absolute atomic E-state index is 5.57. The molecule has 2 rings (SSSR count). The molecule has 0 atom stereocenters. The van der Waals surface area contributed by atoms with Gasteiger partial charge in [-0.05, 0) is 24.3 Å². The van der Waals surface area contributed by atoms with Gasteiger partial charge in [-0.1, -0.05) is 45.9 Å². The molecule has 1 aromatic rings. The third-order valence-electron chi connectivity index (χ3n) is 4.16. The van der Waals surface area contributed by atoms with Crippen LogP contribution in [0.1, 0.15) is 46.1 Å².